The number of nitriles is 1. The maximum Gasteiger partial charge on any atom is 0.322 e. The summed E-state index contributed by atoms with van der Waals surface area (Å²) in [5.41, 5.74) is 1.57. The summed E-state index contributed by atoms with van der Waals surface area (Å²) in [5, 5.41) is 15.8. The van der Waals surface area contributed by atoms with Crippen LogP contribution in [-0.4, -0.2) is 27.3 Å². The van der Waals surface area contributed by atoms with Crippen LogP contribution in [0.25, 0.3) is 5.69 Å². The Balaban J connectivity index is 1.66. The number of benzene rings is 1. The lowest BCUT2D eigenvalue weighted by molar-refractivity contribution is 0.205. The zero-order valence-electron chi connectivity index (χ0n) is 13.5. The van der Waals surface area contributed by atoms with Gasteiger partial charge in [-0.25, -0.2) is 9.48 Å². The number of carbonyl (C=O) groups excluding carboxylic acids is 1. The SMILES string of the molecule is N#CCCN(Cc1ccco1)C(=O)Nc1ccc(-n2cccn2)cc1. The van der Waals surface area contributed by atoms with Crippen LogP contribution in [0.15, 0.2) is 65.5 Å². The number of urea groups is 1. The van der Waals surface area contributed by atoms with Crippen molar-refractivity contribution in [2.75, 3.05) is 11.9 Å². The van der Waals surface area contributed by atoms with Crippen molar-refractivity contribution in [3.05, 3.63) is 66.9 Å². The highest BCUT2D eigenvalue weighted by atomic mass is 16.3. The van der Waals surface area contributed by atoms with Crippen LogP contribution in [0.2, 0.25) is 0 Å². The highest BCUT2D eigenvalue weighted by molar-refractivity contribution is 5.89. The predicted octanol–water partition coefficient (Wildman–Crippen LogP) is 3.41. The van der Waals surface area contributed by atoms with Gasteiger partial charge in [-0.05, 0) is 42.5 Å². The maximum absolute atomic E-state index is 12.5. The Morgan fingerprint density at radius 2 is 2.12 bits per heavy atom. The first kappa shape index (κ1) is 16.3. The van der Waals surface area contributed by atoms with Gasteiger partial charge in [0.1, 0.15) is 5.76 Å². The molecule has 7 nitrogen and oxygen atoms in total. The Bertz CT molecular complexity index is 833. The minimum absolute atomic E-state index is 0.256. The van der Waals surface area contributed by atoms with E-state index in [1.54, 1.807) is 34.2 Å². The van der Waals surface area contributed by atoms with Crippen LogP contribution in [0.3, 0.4) is 0 Å². The smallest absolute Gasteiger partial charge is 0.322 e. The van der Waals surface area contributed by atoms with Crippen LogP contribution in [0.1, 0.15) is 12.2 Å². The fourth-order valence-electron chi connectivity index (χ4n) is 2.35. The first-order valence-electron chi connectivity index (χ1n) is 7.81. The molecule has 0 saturated carbocycles. The third kappa shape index (κ3) is 4.26. The molecule has 0 unspecified atom stereocenters. The van der Waals surface area contributed by atoms with Gasteiger partial charge in [-0.2, -0.15) is 10.4 Å². The van der Waals surface area contributed by atoms with Crippen LogP contribution in [0.5, 0.6) is 0 Å². The van der Waals surface area contributed by atoms with Crippen LogP contribution in [-0.2, 0) is 6.54 Å². The average Bonchev–Trinajstić information content (AvgIpc) is 3.33. The molecule has 0 radical (unpaired) electrons. The molecule has 3 aromatic rings. The molecule has 0 aliphatic rings. The third-order valence-electron chi connectivity index (χ3n) is 3.60. The van der Waals surface area contributed by atoms with Crippen molar-refractivity contribution in [2.24, 2.45) is 0 Å². The largest absolute Gasteiger partial charge is 0.467 e. The summed E-state index contributed by atoms with van der Waals surface area (Å²) in [6, 6.07) is 14.5. The summed E-state index contributed by atoms with van der Waals surface area (Å²) >= 11 is 0. The van der Waals surface area contributed by atoms with Gasteiger partial charge in [0.05, 0.1) is 31.0 Å². The van der Waals surface area contributed by atoms with E-state index in [4.69, 9.17) is 9.68 Å². The molecule has 1 N–H and O–H groups in total. The third-order valence-corrected chi connectivity index (χ3v) is 3.60. The van der Waals surface area contributed by atoms with Crippen molar-refractivity contribution in [1.29, 1.82) is 5.26 Å². The molecule has 126 valence electrons. The molecule has 2 amide bonds. The highest BCUT2D eigenvalue weighted by Crippen LogP contribution is 2.14. The molecular weight excluding hydrogens is 318 g/mol. The molecule has 25 heavy (non-hydrogen) atoms. The fraction of sp³-hybridized carbons (Fsp3) is 0.167. The zero-order valence-corrected chi connectivity index (χ0v) is 13.5. The van der Waals surface area contributed by atoms with E-state index in [0.717, 1.165) is 5.69 Å². The lowest BCUT2D eigenvalue weighted by Gasteiger charge is -2.21. The number of nitrogens with one attached hydrogen (secondary N) is 1. The second-order valence-electron chi connectivity index (χ2n) is 5.34. The molecule has 7 heteroatoms. The number of aromatic nitrogens is 2. The molecule has 0 fully saturated rings. The molecule has 0 bridgehead atoms. The Kier molecular flexibility index (Phi) is 5.12. The number of furan rings is 1. The first-order chi connectivity index (χ1) is 12.3. The van der Waals surface area contributed by atoms with E-state index in [1.165, 1.54) is 0 Å². The molecule has 2 aromatic heterocycles. The summed E-state index contributed by atoms with van der Waals surface area (Å²) in [6.07, 6.45) is 5.37. The monoisotopic (exact) mass is 335 g/mol. The van der Waals surface area contributed by atoms with Crippen molar-refractivity contribution in [3.8, 4) is 11.8 Å². The molecule has 3 rings (SSSR count). The number of hydrogen-bond acceptors (Lipinski definition) is 4. The topological polar surface area (TPSA) is 87.1 Å². The zero-order chi connectivity index (χ0) is 17.5. The summed E-state index contributed by atoms with van der Waals surface area (Å²) in [7, 11) is 0. The molecule has 0 spiro atoms. The number of nitrogens with zero attached hydrogens (tertiary/aromatic N) is 4. The minimum atomic E-state index is -0.279. The van der Waals surface area contributed by atoms with Gasteiger partial charge in [-0.15, -0.1) is 0 Å². The van der Waals surface area contributed by atoms with E-state index in [9.17, 15) is 4.79 Å². The van der Waals surface area contributed by atoms with Crippen LogP contribution in [0.4, 0.5) is 10.5 Å². The Morgan fingerprint density at radius 3 is 2.76 bits per heavy atom. The van der Waals surface area contributed by atoms with Gasteiger partial charge in [0.15, 0.2) is 0 Å². The lowest BCUT2D eigenvalue weighted by Crippen LogP contribution is -2.35. The molecular formula is C18H17N5O2. The van der Waals surface area contributed by atoms with Gasteiger partial charge >= 0.3 is 6.03 Å². The van der Waals surface area contributed by atoms with E-state index in [1.807, 2.05) is 36.5 Å². The first-order valence-corrected chi connectivity index (χ1v) is 7.81. The van der Waals surface area contributed by atoms with Crippen molar-refractivity contribution >= 4 is 11.7 Å². The fourth-order valence-corrected chi connectivity index (χ4v) is 2.35. The van der Waals surface area contributed by atoms with Gasteiger partial charge in [0, 0.05) is 24.6 Å². The van der Waals surface area contributed by atoms with Crippen LogP contribution < -0.4 is 5.32 Å². The molecule has 0 aliphatic heterocycles. The molecule has 0 saturated heterocycles. The second kappa shape index (κ2) is 7.84. The number of amides is 2. The van der Waals surface area contributed by atoms with E-state index in [2.05, 4.69) is 16.5 Å². The van der Waals surface area contributed by atoms with Gasteiger partial charge < -0.3 is 14.6 Å². The second-order valence-corrected chi connectivity index (χ2v) is 5.34. The maximum atomic E-state index is 12.5. The molecule has 2 heterocycles. The average molecular weight is 335 g/mol. The predicted molar refractivity (Wildman–Crippen MR) is 91.9 cm³/mol. The lowest BCUT2D eigenvalue weighted by atomic mass is 10.3. The minimum Gasteiger partial charge on any atom is -0.467 e. The van der Waals surface area contributed by atoms with E-state index < -0.39 is 0 Å². The summed E-state index contributed by atoms with van der Waals surface area (Å²) < 4.78 is 7.02. The quantitative estimate of drug-likeness (QED) is 0.748. The number of carbonyl (C=O) groups is 1. The van der Waals surface area contributed by atoms with Crippen molar-refractivity contribution in [1.82, 2.24) is 14.7 Å². The number of anilines is 1. The Morgan fingerprint density at radius 1 is 1.28 bits per heavy atom. The van der Waals surface area contributed by atoms with Gasteiger partial charge in [-0.1, -0.05) is 0 Å². The highest BCUT2D eigenvalue weighted by Gasteiger charge is 2.15. The van der Waals surface area contributed by atoms with Gasteiger partial charge in [-0.3, -0.25) is 0 Å². The molecule has 1 aromatic carbocycles. The van der Waals surface area contributed by atoms with Gasteiger partial charge in [0.2, 0.25) is 0 Å². The van der Waals surface area contributed by atoms with E-state index >= 15 is 0 Å². The van der Waals surface area contributed by atoms with E-state index in [-0.39, 0.29) is 12.5 Å². The van der Waals surface area contributed by atoms with Crippen molar-refractivity contribution < 1.29 is 9.21 Å². The van der Waals surface area contributed by atoms with Gasteiger partial charge in [0.25, 0.3) is 0 Å². The van der Waals surface area contributed by atoms with Crippen molar-refractivity contribution in [2.45, 2.75) is 13.0 Å². The van der Waals surface area contributed by atoms with E-state index in [0.29, 0.717) is 24.5 Å². The van der Waals surface area contributed by atoms with Crippen molar-refractivity contribution in [3.63, 3.8) is 0 Å². The summed E-state index contributed by atoms with van der Waals surface area (Å²) in [4.78, 5) is 14.0. The number of rotatable bonds is 6. The van der Waals surface area contributed by atoms with Crippen LogP contribution in [0, 0.1) is 11.3 Å². The Hall–Kier alpha value is -3.53. The number of hydrogen-bond donors (Lipinski definition) is 1. The summed E-state index contributed by atoms with van der Waals surface area (Å²) in [6.45, 7) is 0.639. The summed E-state index contributed by atoms with van der Waals surface area (Å²) in [5.74, 6) is 0.669. The Labute approximate surface area is 145 Å². The molecule has 0 aliphatic carbocycles. The standard InChI is InChI=1S/C18H17N5O2/c19-9-2-11-22(14-17-4-1-13-25-17)18(24)21-15-5-7-16(8-6-15)23-12-3-10-20-23/h1,3-8,10,12-13H,2,11,14H2,(H,21,24). The normalized spacial score (nSPS) is 10.2. The molecule has 0 atom stereocenters. The van der Waals surface area contributed by atoms with Crippen LogP contribution >= 0.6 is 0 Å².